The first-order chi connectivity index (χ1) is 5.74. The standard InChI is InChI=1S/C8H6O2S2/c1-2-3-11-6-4-7(8(9)10)12-5-6/h1,4-5H,3H2,(H,9,10). The Morgan fingerprint density at radius 2 is 2.58 bits per heavy atom. The van der Waals surface area contributed by atoms with Gasteiger partial charge in [0.25, 0.3) is 0 Å². The van der Waals surface area contributed by atoms with Gasteiger partial charge in [-0.15, -0.1) is 29.5 Å². The third-order valence-electron chi connectivity index (χ3n) is 1.11. The molecule has 1 rings (SSSR count). The fraction of sp³-hybridized carbons (Fsp3) is 0.125. The van der Waals surface area contributed by atoms with Crippen LogP contribution in [-0.4, -0.2) is 16.8 Å². The Balaban J connectivity index is 2.66. The average Bonchev–Trinajstić information content (AvgIpc) is 2.48. The van der Waals surface area contributed by atoms with Crippen LogP contribution in [0.4, 0.5) is 0 Å². The van der Waals surface area contributed by atoms with Gasteiger partial charge in [0.2, 0.25) is 0 Å². The highest BCUT2D eigenvalue weighted by Crippen LogP contribution is 2.24. The molecule has 0 spiro atoms. The van der Waals surface area contributed by atoms with Gasteiger partial charge in [-0.05, 0) is 6.07 Å². The Hall–Kier alpha value is -0.920. The summed E-state index contributed by atoms with van der Waals surface area (Å²) >= 11 is 2.69. The zero-order chi connectivity index (χ0) is 8.97. The molecule has 0 aromatic carbocycles. The SMILES string of the molecule is C#CCSc1csc(C(=O)O)c1. The van der Waals surface area contributed by atoms with E-state index in [0.29, 0.717) is 10.6 Å². The van der Waals surface area contributed by atoms with E-state index >= 15 is 0 Å². The van der Waals surface area contributed by atoms with Crippen LogP contribution in [0.25, 0.3) is 0 Å². The molecule has 0 amide bonds. The van der Waals surface area contributed by atoms with E-state index < -0.39 is 5.97 Å². The molecular weight excluding hydrogens is 192 g/mol. The van der Waals surface area contributed by atoms with Crippen molar-refractivity contribution in [1.29, 1.82) is 0 Å². The molecule has 0 saturated carbocycles. The second-order valence-corrected chi connectivity index (χ2v) is 3.90. The lowest BCUT2D eigenvalue weighted by Crippen LogP contribution is -1.89. The van der Waals surface area contributed by atoms with Gasteiger partial charge in [0.1, 0.15) is 4.88 Å². The van der Waals surface area contributed by atoms with Gasteiger partial charge >= 0.3 is 5.97 Å². The van der Waals surface area contributed by atoms with Crippen LogP contribution in [0, 0.1) is 12.3 Å². The van der Waals surface area contributed by atoms with Crippen LogP contribution < -0.4 is 0 Å². The molecule has 0 aliphatic carbocycles. The third kappa shape index (κ3) is 2.29. The quantitative estimate of drug-likeness (QED) is 0.597. The molecule has 12 heavy (non-hydrogen) atoms. The summed E-state index contributed by atoms with van der Waals surface area (Å²) in [6.45, 7) is 0. The molecule has 62 valence electrons. The molecule has 0 aliphatic rings. The van der Waals surface area contributed by atoms with Gasteiger partial charge in [-0.25, -0.2) is 4.79 Å². The van der Waals surface area contributed by atoms with Crippen LogP contribution in [0.1, 0.15) is 9.67 Å². The number of carboxylic acid groups (broad SMARTS) is 1. The van der Waals surface area contributed by atoms with Crippen molar-refractivity contribution in [1.82, 2.24) is 0 Å². The molecule has 0 saturated heterocycles. The van der Waals surface area contributed by atoms with E-state index in [2.05, 4.69) is 5.92 Å². The van der Waals surface area contributed by atoms with Gasteiger partial charge in [-0.3, -0.25) is 0 Å². The third-order valence-corrected chi connectivity index (χ3v) is 3.06. The van der Waals surface area contributed by atoms with Crippen molar-refractivity contribution in [3.63, 3.8) is 0 Å². The number of rotatable bonds is 3. The fourth-order valence-corrected chi connectivity index (χ4v) is 2.18. The van der Waals surface area contributed by atoms with E-state index in [1.54, 1.807) is 11.4 Å². The second-order valence-electron chi connectivity index (χ2n) is 1.94. The summed E-state index contributed by atoms with van der Waals surface area (Å²) in [6, 6.07) is 1.63. The summed E-state index contributed by atoms with van der Waals surface area (Å²) in [4.78, 5) is 11.7. The maximum atomic E-state index is 10.4. The van der Waals surface area contributed by atoms with Crippen LogP contribution in [-0.2, 0) is 0 Å². The number of carbonyl (C=O) groups is 1. The highest BCUT2D eigenvalue weighted by molar-refractivity contribution is 7.99. The Morgan fingerprint density at radius 3 is 3.08 bits per heavy atom. The smallest absolute Gasteiger partial charge is 0.345 e. The van der Waals surface area contributed by atoms with E-state index in [1.807, 2.05) is 0 Å². The van der Waals surface area contributed by atoms with E-state index in [-0.39, 0.29) is 0 Å². The van der Waals surface area contributed by atoms with Crippen LogP contribution in [0.2, 0.25) is 0 Å². The summed E-state index contributed by atoms with van der Waals surface area (Å²) < 4.78 is 0. The van der Waals surface area contributed by atoms with Crippen LogP contribution in [0.3, 0.4) is 0 Å². The van der Waals surface area contributed by atoms with Crippen LogP contribution in [0.5, 0.6) is 0 Å². The van der Waals surface area contributed by atoms with Crippen molar-refractivity contribution in [2.24, 2.45) is 0 Å². The maximum absolute atomic E-state index is 10.4. The summed E-state index contributed by atoms with van der Waals surface area (Å²) in [5.41, 5.74) is 0. The summed E-state index contributed by atoms with van der Waals surface area (Å²) in [7, 11) is 0. The number of hydrogen-bond donors (Lipinski definition) is 1. The predicted octanol–water partition coefficient (Wildman–Crippen LogP) is 2.17. The lowest BCUT2D eigenvalue weighted by Gasteiger charge is -1.87. The molecule has 0 aliphatic heterocycles. The molecule has 1 N–H and O–H groups in total. The number of aromatic carboxylic acids is 1. The minimum atomic E-state index is -0.882. The highest BCUT2D eigenvalue weighted by Gasteiger charge is 2.05. The monoisotopic (exact) mass is 198 g/mol. The van der Waals surface area contributed by atoms with Gasteiger partial charge < -0.3 is 5.11 Å². The minimum Gasteiger partial charge on any atom is -0.477 e. The van der Waals surface area contributed by atoms with Crippen molar-refractivity contribution in [2.75, 3.05) is 5.75 Å². The summed E-state index contributed by atoms with van der Waals surface area (Å²) in [6.07, 6.45) is 5.06. The molecule has 4 heteroatoms. The van der Waals surface area contributed by atoms with Gasteiger partial charge in [-0.2, -0.15) is 0 Å². The Bertz CT molecular complexity index is 322. The summed E-state index contributed by atoms with van der Waals surface area (Å²) in [5, 5.41) is 10.4. The lowest BCUT2D eigenvalue weighted by molar-refractivity contribution is 0.0702. The van der Waals surface area contributed by atoms with Gasteiger partial charge in [0.15, 0.2) is 0 Å². The Morgan fingerprint density at radius 1 is 1.83 bits per heavy atom. The minimum absolute atomic E-state index is 0.356. The number of thiophene rings is 1. The first-order valence-electron chi connectivity index (χ1n) is 3.12. The van der Waals surface area contributed by atoms with Crippen molar-refractivity contribution in [2.45, 2.75) is 4.90 Å². The Kier molecular flexibility index (Phi) is 3.20. The first kappa shape index (κ1) is 9.17. The topological polar surface area (TPSA) is 37.3 Å². The zero-order valence-electron chi connectivity index (χ0n) is 6.11. The maximum Gasteiger partial charge on any atom is 0.345 e. The van der Waals surface area contributed by atoms with E-state index in [0.717, 1.165) is 4.90 Å². The number of terminal acetylenes is 1. The molecule has 0 unspecified atom stereocenters. The second kappa shape index (κ2) is 4.19. The number of thioether (sulfide) groups is 1. The predicted molar refractivity (Wildman–Crippen MR) is 50.8 cm³/mol. The van der Waals surface area contributed by atoms with Gasteiger partial charge in [0.05, 0.1) is 5.75 Å². The molecule has 0 bridgehead atoms. The van der Waals surface area contributed by atoms with E-state index in [1.165, 1.54) is 23.1 Å². The van der Waals surface area contributed by atoms with E-state index in [9.17, 15) is 4.79 Å². The van der Waals surface area contributed by atoms with Crippen molar-refractivity contribution in [3.05, 3.63) is 16.3 Å². The lowest BCUT2D eigenvalue weighted by atomic mass is 10.5. The molecule has 0 fully saturated rings. The summed E-state index contributed by atoms with van der Waals surface area (Å²) in [5.74, 6) is 2.17. The van der Waals surface area contributed by atoms with Crippen LogP contribution in [0.15, 0.2) is 16.3 Å². The van der Waals surface area contributed by atoms with Gasteiger partial charge in [-0.1, -0.05) is 5.92 Å². The van der Waals surface area contributed by atoms with E-state index in [4.69, 9.17) is 11.5 Å². The molecule has 1 aromatic heterocycles. The largest absolute Gasteiger partial charge is 0.477 e. The van der Waals surface area contributed by atoms with Crippen molar-refractivity contribution in [3.8, 4) is 12.3 Å². The fourth-order valence-electron chi connectivity index (χ4n) is 0.632. The average molecular weight is 198 g/mol. The van der Waals surface area contributed by atoms with Crippen molar-refractivity contribution >= 4 is 29.1 Å². The first-order valence-corrected chi connectivity index (χ1v) is 4.98. The normalized spacial score (nSPS) is 9.25. The number of carboxylic acids is 1. The molecule has 0 radical (unpaired) electrons. The van der Waals surface area contributed by atoms with Crippen molar-refractivity contribution < 1.29 is 9.90 Å². The molecular formula is C8H6O2S2. The van der Waals surface area contributed by atoms with Crippen LogP contribution >= 0.6 is 23.1 Å². The zero-order valence-corrected chi connectivity index (χ0v) is 7.74. The molecule has 2 nitrogen and oxygen atoms in total. The molecule has 0 atom stereocenters. The van der Waals surface area contributed by atoms with Gasteiger partial charge in [0, 0.05) is 10.3 Å². The Labute approximate surface area is 78.6 Å². The molecule has 1 heterocycles. The molecule has 1 aromatic rings. The highest BCUT2D eigenvalue weighted by atomic mass is 32.2. The number of hydrogen-bond acceptors (Lipinski definition) is 3.